The molecule has 3 heteroatoms. The molecular weight excluding hydrogens is 210 g/mol. The Bertz CT molecular complexity index is 232. The molecule has 1 heterocycles. The molecule has 1 N–H and O–H groups in total. The van der Waals surface area contributed by atoms with E-state index in [9.17, 15) is 0 Å². The first-order valence-electron chi connectivity index (χ1n) is 7.33. The van der Waals surface area contributed by atoms with Crippen molar-refractivity contribution >= 4 is 0 Å². The lowest BCUT2D eigenvalue weighted by Gasteiger charge is -2.38. The zero-order valence-corrected chi connectivity index (χ0v) is 11.8. The molecule has 3 unspecified atom stereocenters. The molecule has 0 spiro atoms. The lowest BCUT2D eigenvalue weighted by atomic mass is 10.0. The molecule has 3 atom stereocenters. The SMILES string of the molecule is CCC1CCCC1NCC1CN(C)CCN1C. The molecule has 2 rings (SSSR count). The summed E-state index contributed by atoms with van der Waals surface area (Å²) in [6.07, 6.45) is 5.61. The van der Waals surface area contributed by atoms with Gasteiger partial charge in [-0.25, -0.2) is 0 Å². The van der Waals surface area contributed by atoms with Gasteiger partial charge in [-0.05, 0) is 32.9 Å². The van der Waals surface area contributed by atoms with Crippen molar-refractivity contribution in [2.24, 2.45) is 5.92 Å². The van der Waals surface area contributed by atoms with Crippen LogP contribution in [0.2, 0.25) is 0 Å². The number of nitrogens with one attached hydrogen (secondary N) is 1. The van der Waals surface area contributed by atoms with E-state index in [-0.39, 0.29) is 0 Å². The minimum absolute atomic E-state index is 0.701. The molecule has 2 aliphatic rings. The monoisotopic (exact) mass is 239 g/mol. The third kappa shape index (κ3) is 3.43. The van der Waals surface area contributed by atoms with E-state index in [2.05, 4.69) is 36.1 Å². The maximum Gasteiger partial charge on any atom is 0.0345 e. The van der Waals surface area contributed by atoms with E-state index in [1.165, 1.54) is 51.9 Å². The van der Waals surface area contributed by atoms with Crippen molar-refractivity contribution in [3.05, 3.63) is 0 Å². The van der Waals surface area contributed by atoms with E-state index in [4.69, 9.17) is 0 Å². The van der Waals surface area contributed by atoms with Crippen LogP contribution in [-0.2, 0) is 0 Å². The molecule has 0 radical (unpaired) electrons. The third-order valence-electron chi connectivity index (χ3n) is 4.78. The molecule has 0 aromatic rings. The van der Waals surface area contributed by atoms with Crippen LogP contribution >= 0.6 is 0 Å². The minimum atomic E-state index is 0.701. The van der Waals surface area contributed by atoms with E-state index in [0.717, 1.165) is 12.0 Å². The highest BCUT2D eigenvalue weighted by atomic mass is 15.3. The van der Waals surface area contributed by atoms with Gasteiger partial charge >= 0.3 is 0 Å². The predicted molar refractivity (Wildman–Crippen MR) is 73.3 cm³/mol. The van der Waals surface area contributed by atoms with Gasteiger partial charge in [-0.3, -0.25) is 4.90 Å². The first-order chi connectivity index (χ1) is 8.20. The lowest BCUT2D eigenvalue weighted by molar-refractivity contribution is 0.110. The highest BCUT2D eigenvalue weighted by molar-refractivity contribution is 4.86. The third-order valence-corrected chi connectivity index (χ3v) is 4.78. The fourth-order valence-corrected chi connectivity index (χ4v) is 3.40. The normalized spacial score (nSPS) is 36.5. The molecule has 0 amide bonds. The Kier molecular flexibility index (Phi) is 4.83. The molecule has 100 valence electrons. The second kappa shape index (κ2) is 6.17. The summed E-state index contributed by atoms with van der Waals surface area (Å²) in [5.74, 6) is 0.932. The highest BCUT2D eigenvalue weighted by Crippen LogP contribution is 2.28. The maximum atomic E-state index is 3.83. The molecule has 0 bridgehead atoms. The number of hydrogen-bond donors (Lipinski definition) is 1. The first-order valence-corrected chi connectivity index (χ1v) is 7.33. The van der Waals surface area contributed by atoms with Crippen LogP contribution in [0.1, 0.15) is 32.6 Å². The summed E-state index contributed by atoms with van der Waals surface area (Å²) in [4.78, 5) is 4.97. The molecular formula is C14H29N3. The molecule has 17 heavy (non-hydrogen) atoms. The largest absolute Gasteiger partial charge is 0.312 e. The number of likely N-dealkylation sites (N-methyl/N-ethyl adjacent to an activating group) is 2. The van der Waals surface area contributed by atoms with Crippen LogP contribution in [-0.4, -0.2) is 62.2 Å². The van der Waals surface area contributed by atoms with Crippen LogP contribution in [0.3, 0.4) is 0 Å². The minimum Gasteiger partial charge on any atom is -0.312 e. The van der Waals surface area contributed by atoms with Crippen molar-refractivity contribution < 1.29 is 0 Å². The van der Waals surface area contributed by atoms with Gasteiger partial charge in [0.2, 0.25) is 0 Å². The molecule has 3 nitrogen and oxygen atoms in total. The van der Waals surface area contributed by atoms with Gasteiger partial charge in [0.25, 0.3) is 0 Å². The van der Waals surface area contributed by atoms with Crippen molar-refractivity contribution in [3.8, 4) is 0 Å². The van der Waals surface area contributed by atoms with Crippen LogP contribution in [0.25, 0.3) is 0 Å². The highest BCUT2D eigenvalue weighted by Gasteiger charge is 2.27. The zero-order chi connectivity index (χ0) is 12.3. The fraction of sp³-hybridized carbons (Fsp3) is 1.00. The summed E-state index contributed by atoms with van der Waals surface area (Å²) in [5, 5.41) is 3.83. The molecule has 2 fully saturated rings. The van der Waals surface area contributed by atoms with E-state index in [1.807, 2.05) is 0 Å². The number of nitrogens with zero attached hydrogens (tertiary/aromatic N) is 2. The predicted octanol–water partition coefficient (Wildman–Crippen LogP) is 1.40. The fourth-order valence-electron chi connectivity index (χ4n) is 3.40. The van der Waals surface area contributed by atoms with Gasteiger partial charge < -0.3 is 10.2 Å². The van der Waals surface area contributed by atoms with E-state index < -0.39 is 0 Å². The second-order valence-corrected chi connectivity index (χ2v) is 6.01. The lowest BCUT2D eigenvalue weighted by Crippen LogP contribution is -2.55. The van der Waals surface area contributed by atoms with Gasteiger partial charge in [-0.2, -0.15) is 0 Å². The standard InChI is InChI=1S/C14H29N3/c1-4-12-6-5-7-14(12)15-10-13-11-16(2)8-9-17(13)3/h12-15H,4-11H2,1-3H3. The Hall–Kier alpha value is -0.120. The quantitative estimate of drug-likeness (QED) is 0.800. The second-order valence-electron chi connectivity index (χ2n) is 6.01. The Morgan fingerprint density at radius 3 is 2.76 bits per heavy atom. The Morgan fingerprint density at radius 1 is 1.18 bits per heavy atom. The first kappa shape index (κ1) is 13.3. The van der Waals surface area contributed by atoms with Gasteiger partial charge in [0.15, 0.2) is 0 Å². The molecule has 1 saturated carbocycles. The van der Waals surface area contributed by atoms with Gasteiger partial charge in [0, 0.05) is 38.3 Å². The summed E-state index contributed by atoms with van der Waals surface area (Å²) in [5.41, 5.74) is 0. The Balaban J connectivity index is 1.76. The van der Waals surface area contributed by atoms with Crippen molar-refractivity contribution in [2.75, 3.05) is 40.3 Å². The van der Waals surface area contributed by atoms with Crippen LogP contribution in [0.15, 0.2) is 0 Å². The van der Waals surface area contributed by atoms with Crippen LogP contribution in [0.4, 0.5) is 0 Å². The van der Waals surface area contributed by atoms with Gasteiger partial charge in [0.1, 0.15) is 0 Å². The van der Waals surface area contributed by atoms with Gasteiger partial charge in [-0.1, -0.05) is 19.8 Å². The Labute approximate surface area is 107 Å². The van der Waals surface area contributed by atoms with E-state index >= 15 is 0 Å². The summed E-state index contributed by atoms with van der Waals surface area (Å²) in [6, 6.07) is 1.49. The molecule has 0 aromatic heterocycles. The summed E-state index contributed by atoms with van der Waals surface area (Å²) < 4.78 is 0. The summed E-state index contributed by atoms with van der Waals surface area (Å²) >= 11 is 0. The zero-order valence-electron chi connectivity index (χ0n) is 11.8. The average Bonchev–Trinajstić information content (AvgIpc) is 2.77. The number of piperazine rings is 1. The topological polar surface area (TPSA) is 18.5 Å². The number of hydrogen-bond acceptors (Lipinski definition) is 3. The van der Waals surface area contributed by atoms with Crippen molar-refractivity contribution in [3.63, 3.8) is 0 Å². The van der Waals surface area contributed by atoms with E-state index in [0.29, 0.717) is 6.04 Å². The molecule has 1 aliphatic carbocycles. The number of rotatable bonds is 4. The maximum absolute atomic E-state index is 3.83. The summed E-state index contributed by atoms with van der Waals surface area (Å²) in [6.45, 7) is 7.15. The van der Waals surface area contributed by atoms with Crippen molar-refractivity contribution in [2.45, 2.75) is 44.7 Å². The average molecular weight is 239 g/mol. The van der Waals surface area contributed by atoms with Gasteiger partial charge in [0.05, 0.1) is 0 Å². The van der Waals surface area contributed by atoms with Crippen LogP contribution < -0.4 is 5.32 Å². The smallest absolute Gasteiger partial charge is 0.0345 e. The molecule has 1 aliphatic heterocycles. The van der Waals surface area contributed by atoms with Crippen molar-refractivity contribution in [1.29, 1.82) is 0 Å². The van der Waals surface area contributed by atoms with Gasteiger partial charge in [-0.15, -0.1) is 0 Å². The molecule has 1 saturated heterocycles. The van der Waals surface area contributed by atoms with E-state index in [1.54, 1.807) is 0 Å². The summed E-state index contributed by atoms with van der Waals surface area (Å²) in [7, 11) is 4.51. The van der Waals surface area contributed by atoms with Crippen LogP contribution in [0, 0.1) is 5.92 Å². The van der Waals surface area contributed by atoms with Crippen molar-refractivity contribution in [1.82, 2.24) is 15.1 Å². The van der Waals surface area contributed by atoms with Crippen LogP contribution in [0.5, 0.6) is 0 Å². The Morgan fingerprint density at radius 2 is 2.00 bits per heavy atom. The molecule has 0 aromatic carbocycles.